The molecule has 1 saturated heterocycles. The van der Waals surface area contributed by atoms with Crippen molar-refractivity contribution >= 4 is 42.2 Å². The monoisotopic (exact) mass is 310 g/mol. The fourth-order valence-corrected chi connectivity index (χ4v) is 2.99. The maximum absolute atomic E-state index is 5.70. The Kier molecular flexibility index (Phi) is 5.92. The normalized spacial score (nSPS) is 29.1. The Labute approximate surface area is 124 Å². The first-order chi connectivity index (χ1) is 7.81. The van der Waals surface area contributed by atoms with Gasteiger partial charge in [-0.3, -0.25) is 0 Å². The molecule has 0 bridgehead atoms. The van der Waals surface area contributed by atoms with Gasteiger partial charge in [0.05, 0.1) is 0 Å². The minimum absolute atomic E-state index is 0. The Hall–Kier alpha value is -0.290. The van der Waals surface area contributed by atoms with Gasteiger partial charge in [0.2, 0.25) is 0 Å². The van der Waals surface area contributed by atoms with Crippen molar-refractivity contribution in [3.63, 3.8) is 0 Å². The van der Waals surface area contributed by atoms with Crippen LogP contribution in [0.2, 0.25) is 5.15 Å². The molecule has 1 aromatic rings. The smallest absolute Gasteiger partial charge is 0.151 e. The lowest BCUT2D eigenvalue weighted by atomic mass is 10.0. The van der Waals surface area contributed by atoms with E-state index in [0.717, 1.165) is 17.7 Å². The fourth-order valence-electron chi connectivity index (χ4n) is 2.89. The summed E-state index contributed by atoms with van der Waals surface area (Å²) in [6.07, 6.45) is 2.48. The zero-order chi connectivity index (χ0) is 11.0. The van der Waals surface area contributed by atoms with Gasteiger partial charge < -0.3 is 10.6 Å². The lowest BCUT2D eigenvalue weighted by molar-refractivity contribution is 0.494. The average Bonchev–Trinajstić information content (AvgIpc) is 2.81. The second-order valence-corrected chi connectivity index (χ2v) is 5.12. The zero-order valence-corrected chi connectivity index (χ0v) is 12.2. The molecule has 1 saturated carbocycles. The topological polar surface area (TPSA) is 49.8 Å². The lowest BCUT2D eigenvalue weighted by Gasteiger charge is -2.13. The van der Waals surface area contributed by atoms with E-state index in [1.165, 1.54) is 25.9 Å². The van der Waals surface area contributed by atoms with Crippen molar-refractivity contribution in [1.82, 2.24) is 15.5 Å². The van der Waals surface area contributed by atoms with Gasteiger partial charge in [-0.25, -0.2) is 0 Å². The third-order valence-electron chi connectivity index (χ3n) is 3.64. The highest BCUT2D eigenvalue weighted by Crippen LogP contribution is 2.35. The van der Waals surface area contributed by atoms with Crippen LogP contribution in [0.1, 0.15) is 12.8 Å². The predicted molar refractivity (Wildman–Crippen MR) is 78.0 cm³/mol. The van der Waals surface area contributed by atoms with Crippen LogP contribution >= 0.6 is 36.4 Å². The van der Waals surface area contributed by atoms with Crippen LogP contribution in [0.5, 0.6) is 0 Å². The molecule has 1 aliphatic heterocycles. The largest absolute Gasteiger partial charge is 0.366 e. The van der Waals surface area contributed by atoms with Crippen molar-refractivity contribution in [1.29, 1.82) is 0 Å². The highest BCUT2D eigenvalue weighted by atomic mass is 35.5. The van der Waals surface area contributed by atoms with E-state index < -0.39 is 0 Å². The van der Waals surface area contributed by atoms with Crippen molar-refractivity contribution < 1.29 is 0 Å². The molecule has 4 nitrogen and oxygen atoms in total. The van der Waals surface area contributed by atoms with Crippen molar-refractivity contribution in [2.75, 3.05) is 18.4 Å². The SMILES string of the molecule is Cl.Cl.Clc1ccc(NC2CC3CNC[C@H]3C2)nn1. The van der Waals surface area contributed by atoms with E-state index >= 15 is 0 Å². The van der Waals surface area contributed by atoms with E-state index in [-0.39, 0.29) is 24.8 Å². The summed E-state index contributed by atoms with van der Waals surface area (Å²) >= 11 is 5.70. The van der Waals surface area contributed by atoms with E-state index in [9.17, 15) is 0 Å². The maximum Gasteiger partial charge on any atom is 0.151 e. The molecule has 3 rings (SSSR count). The molecule has 3 atom stereocenters. The van der Waals surface area contributed by atoms with E-state index in [4.69, 9.17) is 11.6 Å². The first-order valence-corrected chi connectivity index (χ1v) is 6.15. The number of nitrogens with zero attached hydrogens (tertiary/aromatic N) is 2. The quantitative estimate of drug-likeness (QED) is 0.880. The molecule has 2 fully saturated rings. The van der Waals surface area contributed by atoms with Crippen molar-refractivity contribution in [2.45, 2.75) is 18.9 Å². The number of anilines is 1. The molecular formula is C11H17Cl3N4. The molecule has 2 aliphatic rings. The van der Waals surface area contributed by atoms with Gasteiger partial charge in [-0.1, -0.05) is 11.6 Å². The summed E-state index contributed by atoms with van der Waals surface area (Å²) in [5.41, 5.74) is 0. The van der Waals surface area contributed by atoms with Crippen LogP contribution in [0.3, 0.4) is 0 Å². The fraction of sp³-hybridized carbons (Fsp3) is 0.636. The van der Waals surface area contributed by atoms with Crippen LogP contribution in [0, 0.1) is 11.8 Å². The van der Waals surface area contributed by atoms with Crippen molar-refractivity contribution in [2.24, 2.45) is 11.8 Å². The molecule has 1 aromatic heterocycles. The molecule has 0 radical (unpaired) electrons. The molecule has 0 amide bonds. The van der Waals surface area contributed by atoms with Crippen molar-refractivity contribution in [3.8, 4) is 0 Å². The van der Waals surface area contributed by atoms with E-state index in [1.54, 1.807) is 6.07 Å². The Morgan fingerprint density at radius 2 is 1.78 bits per heavy atom. The summed E-state index contributed by atoms with van der Waals surface area (Å²) in [6.45, 7) is 2.35. The van der Waals surface area contributed by atoms with Crippen LogP contribution in [-0.4, -0.2) is 29.3 Å². The van der Waals surface area contributed by atoms with Gasteiger partial charge in [-0.05, 0) is 49.9 Å². The standard InChI is InChI=1S/C11H15ClN4.2ClH/c12-10-1-2-11(16-15-10)14-9-3-7-5-13-6-8(7)4-9;;/h1-2,7-9,13H,3-6H2,(H,14,16);2*1H/t7-,8?,9?;;/m1../s1. The number of nitrogens with one attached hydrogen (secondary N) is 2. The zero-order valence-electron chi connectivity index (χ0n) is 9.80. The maximum atomic E-state index is 5.70. The van der Waals surface area contributed by atoms with Crippen LogP contribution in [0.15, 0.2) is 12.1 Å². The summed E-state index contributed by atoms with van der Waals surface area (Å²) in [5, 5.41) is 15.2. The molecule has 2 N–H and O–H groups in total. The average molecular weight is 312 g/mol. The highest BCUT2D eigenvalue weighted by Gasteiger charge is 2.37. The number of hydrogen-bond acceptors (Lipinski definition) is 4. The third kappa shape index (κ3) is 3.38. The van der Waals surface area contributed by atoms with Gasteiger partial charge >= 0.3 is 0 Å². The summed E-state index contributed by atoms with van der Waals surface area (Å²) in [4.78, 5) is 0. The molecule has 0 aromatic carbocycles. The van der Waals surface area contributed by atoms with Crippen LogP contribution in [0.25, 0.3) is 0 Å². The Morgan fingerprint density at radius 1 is 1.11 bits per heavy atom. The number of hydrogen-bond donors (Lipinski definition) is 2. The first-order valence-electron chi connectivity index (χ1n) is 5.78. The molecule has 2 unspecified atom stereocenters. The molecule has 18 heavy (non-hydrogen) atoms. The number of halogens is 3. The first kappa shape index (κ1) is 15.8. The van der Waals surface area contributed by atoms with Crippen LogP contribution in [-0.2, 0) is 0 Å². The second-order valence-electron chi connectivity index (χ2n) is 4.73. The minimum atomic E-state index is 0. The van der Waals surface area contributed by atoms with Crippen LogP contribution < -0.4 is 10.6 Å². The summed E-state index contributed by atoms with van der Waals surface area (Å²) < 4.78 is 0. The summed E-state index contributed by atoms with van der Waals surface area (Å²) in [7, 11) is 0. The summed E-state index contributed by atoms with van der Waals surface area (Å²) in [5.74, 6) is 2.53. The van der Waals surface area contributed by atoms with Crippen LogP contribution in [0.4, 0.5) is 5.82 Å². The van der Waals surface area contributed by atoms with Gasteiger partial charge in [0.25, 0.3) is 0 Å². The molecule has 102 valence electrons. The molecule has 2 heterocycles. The second kappa shape index (κ2) is 6.75. The van der Waals surface area contributed by atoms with Gasteiger partial charge in [0.1, 0.15) is 5.82 Å². The van der Waals surface area contributed by atoms with Gasteiger partial charge in [-0.2, -0.15) is 0 Å². The highest BCUT2D eigenvalue weighted by molar-refractivity contribution is 6.29. The van der Waals surface area contributed by atoms with E-state index in [1.807, 2.05) is 6.07 Å². The molecule has 0 spiro atoms. The Bertz CT molecular complexity index is 361. The molecular weight excluding hydrogens is 295 g/mol. The summed E-state index contributed by atoms with van der Waals surface area (Å²) in [6, 6.07) is 4.21. The van der Waals surface area contributed by atoms with Gasteiger partial charge in [0.15, 0.2) is 5.15 Å². The lowest BCUT2D eigenvalue weighted by Crippen LogP contribution is -2.21. The van der Waals surface area contributed by atoms with Gasteiger partial charge in [0, 0.05) is 6.04 Å². The van der Waals surface area contributed by atoms with E-state index in [2.05, 4.69) is 20.8 Å². The Morgan fingerprint density at radius 3 is 2.33 bits per heavy atom. The Balaban J connectivity index is 0.000000810. The number of aromatic nitrogens is 2. The van der Waals surface area contributed by atoms with Crippen molar-refractivity contribution in [3.05, 3.63) is 17.3 Å². The van der Waals surface area contributed by atoms with E-state index in [0.29, 0.717) is 11.2 Å². The number of rotatable bonds is 2. The number of fused-ring (bicyclic) bond motifs is 1. The predicted octanol–water partition coefficient (Wildman–Crippen LogP) is 2.38. The van der Waals surface area contributed by atoms with Gasteiger partial charge in [-0.15, -0.1) is 35.0 Å². The molecule has 1 aliphatic carbocycles. The minimum Gasteiger partial charge on any atom is -0.366 e. The molecule has 7 heteroatoms. The third-order valence-corrected chi connectivity index (χ3v) is 3.84.